The predicted octanol–water partition coefficient (Wildman–Crippen LogP) is 4.47. The van der Waals surface area contributed by atoms with Gasteiger partial charge in [-0.3, -0.25) is 9.69 Å². The normalized spacial score (nSPS) is 18.9. The molecule has 6 nitrogen and oxygen atoms in total. The first kappa shape index (κ1) is 20.0. The van der Waals surface area contributed by atoms with Crippen LogP contribution in [-0.2, 0) is 4.79 Å². The van der Waals surface area contributed by atoms with Gasteiger partial charge in [-0.25, -0.2) is 0 Å². The summed E-state index contributed by atoms with van der Waals surface area (Å²) < 4.78 is 6.12. The van der Waals surface area contributed by atoms with Crippen molar-refractivity contribution >= 4 is 27.4 Å². The lowest BCUT2D eigenvalue weighted by atomic mass is 9.75. The lowest BCUT2D eigenvalue weighted by Crippen LogP contribution is -2.38. The van der Waals surface area contributed by atoms with E-state index >= 15 is 0 Å². The minimum Gasteiger partial charge on any atom is -0.504 e. The van der Waals surface area contributed by atoms with Crippen LogP contribution in [0.3, 0.4) is 0 Å². The van der Waals surface area contributed by atoms with Crippen LogP contribution in [0, 0.1) is 11.3 Å². The monoisotopic (exact) mass is 465 g/mol. The number of anilines is 1. The Morgan fingerprint density at radius 1 is 1.27 bits per heavy atom. The summed E-state index contributed by atoms with van der Waals surface area (Å²) in [5.41, 5.74) is 9.71. The molecule has 1 atom stereocenters. The van der Waals surface area contributed by atoms with E-state index in [1.54, 1.807) is 12.1 Å². The standard InChI is InChI=1S/C23H20BrN3O3/c1-30-20-10-13(8-9-18(20)28)21-16(12-25)23(26)27(15-5-2-4-14(24)11-15)17-6-3-7-19(29)22(17)21/h2,4-5,8-11,21,28H,3,6-7,26H2,1H3. The number of rotatable bonds is 3. The van der Waals surface area contributed by atoms with Crippen molar-refractivity contribution in [3.05, 3.63) is 75.2 Å². The molecule has 2 aromatic rings. The van der Waals surface area contributed by atoms with Crippen molar-refractivity contribution in [3.8, 4) is 17.6 Å². The van der Waals surface area contributed by atoms with Crippen LogP contribution in [-0.4, -0.2) is 18.0 Å². The van der Waals surface area contributed by atoms with Gasteiger partial charge in [0.05, 0.1) is 24.7 Å². The molecular formula is C23H20BrN3O3. The Kier molecular flexibility index (Phi) is 5.27. The second kappa shape index (κ2) is 7.88. The van der Waals surface area contributed by atoms with Crippen LogP contribution in [0.25, 0.3) is 0 Å². The van der Waals surface area contributed by atoms with Gasteiger partial charge >= 0.3 is 0 Å². The average molecular weight is 466 g/mol. The number of nitrogens with two attached hydrogens (primary N) is 1. The molecule has 0 saturated carbocycles. The molecule has 0 amide bonds. The molecule has 3 N–H and O–H groups in total. The molecule has 7 heteroatoms. The largest absolute Gasteiger partial charge is 0.504 e. The van der Waals surface area contributed by atoms with Gasteiger partial charge in [-0.1, -0.05) is 28.1 Å². The number of nitriles is 1. The van der Waals surface area contributed by atoms with Crippen molar-refractivity contribution in [1.29, 1.82) is 5.26 Å². The van der Waals surface area contributed by atoms with Crippen molar-refractivity contribution in [2.45, 2.75) is 25.2 Å². The van der Waals surface area contributed by atoms with E-state index in [0.717, 1.165) is 22.3 Å². The van der Waals surface area contributed by atoms with Crippen molar-refractivity contribution < 1.29 is 14.6 Å². The van der Waals surface area contributed by atoms with Gasteiger partial charge in [-0.05, 0) is 48.7 Å². The molecule has 0 bridgehead atoms. The number of hydrogen-bond donors (Lipinski definition) is 2. The lowest BCUT2D eigenvalue weighted by molar-refractivity contribution is -0.116. The average Bonchev–Trinajstić information content (AvgIpc) is 2.73. The summed E-state index contributed by atoms with van der Waals surface area (Å²) in [5, 5.41) is 20.0. The van der Waals surface area contributed by atoms with E-state index in [1.165, 1.54) is 13.2 Å². The third-order valence-electron chi connectivity index (χ3n) is 5.52. The van der Waals surface area contributed by atoms with Gasteiger partial charge in [-0.15, -0.1) is 0 Å². The van der Waals surface area contributed by atoms with Crippen LogP contribution < -0.4 is 15.4 Å². The molecule has 1 unspecified atom stereocenters. The zero-order valence-corrected chi connectivity index (χ0v) is 17.9. The Morgan fingerprint density at radius 3 is 2.77 bits per heavy atom. The number of carbonyl (C=O) groups excluding carboxylic acids is 1. The third-order valence-corrected chi connectivity index (χ3v) is 6.01. The fourth-order valence-corrected chi connectivity index (χ4v) is 4.59. The van der Waals surface area contributed by atoms with Crippen molar-refractivity contribution in [3.63, 3.8) is 0 Å². The highest BCUT2D eigenvalue weighted by atomic mass is 79.9. The fourth-order valence-electron chi connectivity index (χ4n) is 4.20. The Hall–Kier alpha value is -3.24. The highest BCUT2D eigenvalue weighted by Gasteiger charge is 2.40. The van der Waals surface area contributed by atoms with Crippen LogP contribution in [0.4, 0.5) is 5.69 Å². The fraction of sp³-hybridized carbons (Fsp3) is 0.217. The summed E-state index contributed by atoms with van der Waals surface area (Å²) in [7, 11) is 1.46. The molecule has 0 radical (unpaired) electrons. The van der Waals surface area contributed by atoms with Crippen LogP contribution in [0.15, 0.2) is 69.6 Å². The summed E-state index contributed by atoms with van der Waals surface area (Å²) in [4.78, 5) is 14.9. The Labute approximate surface area is 183 Å². The molecule has 30 heavy (non-hydrogen) atoms. The smallest absolute Gasteiger partial charge is 0.161 e. The van der Waals surface area contributed by atoms with Crippen molar-refractivity contribution in [1.82, 2.24) is 0 Å². The van der Waals surface area contributed by atoms with Crippen LogP contribution in [0.2, 0.25) is 0 Å². The molecule has 0 fully saturated rings. The molecule has 0 aromatic heterocycles. The van der Waals surface area contributed by atoms with E-state index in [9.17, 15) is 15.2 Å². The lowest BCUT2D eigenvalue weighted by Gasteiger charge is -2.39. The maximum atomic E-state index is 13.1. The molecule has 0 spiro atoms. The van der Waals surface area contributed by atoms with Crippen LogP contribution in [0.5, 0.6) is 11.5 Å². The number of Topliss-reactive ketones (excluding diaryl/α,β-unsaturated/α-hetero) is 1. The summed E-state index contributed by atoms with van der Waals surface area (Å²) in [6.45, 7) is 0. The summed E-state index contributed by atoms with van der Waals surface area (Å²) >= 11 is 3.48. The van der Waals surface area contributed by atoms with Gasteiger partial charge < -0.3 is 15.6 Å². The van der Waals surface area contributed by atoms with Gasteiger partial charge in [0.15, 0.2) is 17.3 Å². The quantitative estimate of drug-likeness (QED) is 0.693. The molecule has 152 valence electrons. The first-order chi connectivity index (χ1) is 14.5. The number of hydrogen-bond acceptors (Lipinski definition) is 6. The number of benzene rings is 2. The highest BCUT2D eigenvalue weighted by molar-refractivity contribution is 9.10. The van der Waals surface area contributed by atoms with Gasteiger partial charge in [0.2, 0.25) is 0 Å². The number of carbonyl (C=O) groups is 1. The van der Waals surface area contributed by atoms with Gasteiger partial charge in [-0.2, -0.15) is 5.26 Å². The van der Waals surface area contributed by atoms with E-state index in [2.05, 4.69) is 22.0 Å². The van der Waals surface area contributed by atoms with E-state index in [1.807, 2.05) is 29.2 Å². The number of allylic oxidation sites excluding steroid dienone is 3. The second-order valence-corrected chi connectivity index (χ2v) is 8.14. The van der Waals surface area contributed by atoms with E-state index in [0.29, 0.717) is 35.4 Å². The van der Waals surface area contributed by atoms with E-state index in [4.69, 9.17) is 10.5 Å². The number of phenolic OH excluding ortho intramolecular Hbond substituents is 1. The van der Waals surface area contributed by atoms with Gasteiger partial charge in [0.25, 0.3) is 0 Å². The summed E-state index contributed by atoms with van der Waals surface area (Å²) in [6, 6.07) is 14.7. The minimum absolute atomic E-state index is 0.00699. The number of phenols is 1. The molecule has 0 saturated heterocycles. The number of halogens is 1. The molecule has 1 aliphatic heterocycles. The molecule has 4 rings (SSSR count). The zero-order chi connectivity index (χ0) is 21.4. The maximum absolute atomic E-state index is 13.1. The van der Waals surface area contributed by atoms with Gasteiger partial charge in [0, 0.05) is 27.9 Å². The van der Waals surface area contributed by atoms with E-state index in [-0.39, 0.29) is 17.3 Å². The van der Waals surface area contributed by atoms with Crippen LogP contribution >= 0.6 is 15.9 Å². The highest BCUT2D eigenvalue weighted by Crippen LogP contribution is 2.47. The SMILES string of the molecule is COc1cc(C2C(C#N)=C(N)N(c3cccc(Br)c3)C3=C2C(=O)CCC3)ccc1O. The molecule has 2 aromatic carbocycles. The summed E-state index contributed by atoms with van der Waals surface area (Å²) in [6.07, 6.45) is 1.83. The first-order valence-electron chi connectivity index (χ1n) is 9.54. The first-order valence-corrected chi connectivity index (χ1v) is 10.3. The van der Waals surface area contributed by atoms with Crippen LogP contribution in [0.1, 0.15) is 30.7 Å². The Balaban J connectivity index is 1.97. The van der Waals surface area contributed by atoms with Crippen molar-refractivity contribution in [2.24, 2.45) is 5.73 Å². The third kappa shape index (κ3) is 3.23. The topological polar surface area (TPSA) is 99.6 Å². The predicted molar refractivity (Wildman–Crippen MR) is 117 cm³/mol. The molecular weight excluding hydrogens is 446 g/mol. The zero-order valence-electron chi connectivity index (χ0n) is 16.4. The van der Waals surface area contributed by atoms with E-state index < -0.39 is 5.92 Å². The number of ether oxygens (including phenoxy) is 1. The second-order valence-electron chi connectivity index (χ2n) is 7.23. The Morgan fingerprint density at radius 2 is 2.07 bits per heavy atom. The van der Waals surface area contributed by atoms with Gasteiger partial charge in [0.1, 0.15) is 5.82 Å². The minimum atomic E-state index is -0.601. The molecule has 1 heterocycles. The number of aromatic hydroxyl groups is 1. The number of nitrogens with zero attached hydrogens (tertiary/aromatic N) is 2. The number of methoxy groups -OCH3 is 1. The van der Waals surface area contributed by atoms with Crippen molar-refractivity contribution in [2.75, 3.05) is 12.0 Å². The molecule has 2 aliphatic rings. The number of ketones is 1. The Bertz CT molecular complexity index is 1150. The molecule has 1 aliphatic carbocycles. The summed E-state index contributed by atoms with van der Waals surface area (Å²) in [5.74, 6) is -0.0130. The maximum Gasteiger partial charge on any atom is 0.161 e.